The summed E-state index contributed by atoms with van der Waals surface area (Å²) >= 11 is 0. The number of piperidine rings is 3. The number of amides is 1. The predicted molar refractivity (Wildman–Crippen MR) is 99.9 cm³/mol. The second-order valence-electron chi connectivity index (χ2n) is 7.21. The molecule has 3 aliphatic heterocycles. The van der Waals surface area contributed by atoms with Crippen LogP contribution < -0.4 is 10.1 Å². The molecule has 0 radical (unpaired) electrons. The highest BCUT2D eigenvalue weighted by atomic mass is 16.5. The maximum Gasteiger partial charge on any atom is 0.316 e. The number of nitrogens with one attached hydrogen (secondary N) is 1. The fourth-order valence-corrected chi connectivity index (χ4v) is 4.05. The van der Waals surface area contributed by atoms with Crippen LogP contribution in [-0.2, 0) is 4.79 Å². The van der Waals surface area contributed by atoms with Gasteiger partial charge in [-0.2, -0.15) is 0 Å². The van der Waals surface area contributed by atoms with E-state index < -0.39 is 0 Å². The van der Waals surface area contributed by atoms with Gasteiger partial charge in [-0.05, 0) is 56.5 Å². The number of rotatable bonds is 4. The molecule has 136 valence electrons. The lowest BCUT2D eigenvalue weighted by molar-refractivity contribution is -0.114. The average molecular weight is 352 g/mol. The van der Waals surface area contributed by atoms with Gasteiger partial charge in [-0.3, -0.25) is 9.69 Å². The first-order valence-electron chi connectivity index (χ1n) is 9.21. The van der Waals surface area contributed by atoms with Crippen LogP contribution in [0, 0.1) is 5.92 Å². The van der Waals surface area contributed by atoms with Gasteiger partial charge in [-0.1, -0.05) is 12.1 Å². The van der Waals surface area contributed by atoms with Crippen molar-refractivity contribution >= 4 is 11.6 Å². The van der Waals surface area contributed by atoms with Crippen molar-refractivity contribution in [3.8, 4) is 17.1 Å². The van der Waals surface area contributed by atoms with Gasteiger partial charge in [0.05, 0.1) is 0 Å². The predicted octanol–water partition coefficient (Wildman–Crippen LogP) is 2.96. The van der Waals surface area contributed by atoms with Gasteiger partial charge in [0, 0.05) is 36.6 Å². The van der Waals surface area contributed by atoms with E-state index in [4.69, 9.17) is 4.74 Å². The van der Waals surface area contributed by atoms with Crippen LogP contribution in [0.5, 0.6) is 6.01 Å². The van der Waals surface area contributed by atoms with E-state index in [2.05, 4.69) is 27.1 Å². The second-order valence-corrected chi connectivity index (χ2v) is 7.21. The molecule has 6 nitrogen and oxygen atoms in total. The van der Waals surface area contributed by atoms with Gasteiger partial charge in [0.15, 0.2) is 0 Å². The molecule has 1 aromatic heterocycles. The average Bonchev–Trinajstić information content (AvgIpc) is 2.66. The van der Waals surface area contributed by atoms with Crippen LogP contribution >= 0.6 is 0 Å². The first kappa shape index (κ1) is 17.0. The molecule has 2 atom stereocenters. The number of hydrogen-bond donors (Lipinski definition) is 1. The van der Waals surface area contributed by atoms with Crippen molar-refractivity contribution in [2.24, 2.45) is 5.92 Å². The third-order valence-electron chi connectivity index (χ3n) is 5.50. The number of fused-ring (bicyclic) bond motifs is 3. The highest BCUT2D eigenvalue weighted by Gasteiger charge is 2.41. The molecule has 1 aromatic carbocycles. The standard InChI is InChI=1S/C20H24N4O2/c1-13-19(16-7-9-24(13)10-8-16)26-20-21-11-17(12-22-20)15-3-5-18(6-4-15)23-14(2)25/h3-6,11-13,16,19H,7-10H2,1-2H3,(H,23,25). The van der Waals surface area contributed by atoms with Gasteiger partial charge < -0.3 is 10.1 Å². The van der Waals surface area contributed by atoms with Crippen LogP contribution in [0.15, 0.2) is 36.7 Å². The van der Waals surface area contributed by atoms with Gasteiger partial charge in [0.2, 0.25) is 5.91 Å². The number of carbonyl (C=O) groups excluding carboxylic acids is 1. The molecule has 6 heteroatoms. The molecule has 4 heterocycles. The molecule has 0 saturated carbocycles. The van der Waals surface area contributed by atoms with E-state index in [1.165, 1.54) is 32.9 Å². The zero-order valence-corrected chi connectivity index (χ0v) is 15.2. The summed E-state index contributed by atoms with van der Waals surface area (Å²) in [6.45, 7) is 6.09. The minimum Gasteiger partial charge on any atom is -0.458 e. The first-order valence-corrected chi connectivity index (χ1v) is 9.21. The SMILES string of the molecule is CC(=O)Nc1ccc(-c2cnc(OC3C4CCN(CC4)C3C)nc2)cc1. The van der Waals surface area contributed by atoms with E-state index in [0.717, 1.165) is 16.8 Å². The molecule has 26 heavy (non-hydrogen) atoms. The fourth-order valence-electron chi connectivity index (χ4n) is 4.05. The van der Waals surface area contributed by atoms with Crippen LogP contribution in [0.2, 0.25) is 0 Å². The normalized spacial score (nSPS) is 27.2. The molecule has 3 fully saturated rings. The molecule has 2 aromatic rings. The number of anilines is 1. The van der Waals surface area contributed by atoms with Crippen LogP contribution in [0.3, 0.4) is 0 Å². The Morgan fingerprint density at radius 1 is 1.12 bits per heavy atom. The Kier molecular flexibility index (Phi) is 4.59. The van der Waals surface area contributed by atoms with Gasteiger partial charge in [0.1, 0.15) is 6.10 Å². The molecule has 3 saturated heterocycles. The Morgan fingerprint density at radius 3 is 2.35 bits per heavy atom. The molecule has 3 aliphatic rings. The molecule has 1 N–H and O–H groups in total. The zero-order valence-electron chi connectivity index (χ0n) is 15.2. The number of aromatic nitrogens is 2. The maximum absolute atomic E-state index is 11.1. The zero-order chi connectivity index (χ0) is 18.1. The van der Waals surface area contributed by atoms with Gasteiger partial charge in [-0.15, -0.1) is 0 Å². The lowest BCUT2D eigenvalue weighted by Gasteiger charge is -2.48. The number of carbonyl (C=O) groups is 1. The summed E-state index contributed by atoms with van der Waals surface area (Å²) in [6.07, 6.45) is 6.17. The van der Waals surface area contributed by atoms with Gasteiger partial charge in [-0.25, -0.2) is 9.97 Å². The lowest BCUT2D eigenvalue weighted by Crippen LogP contribution is -2.58. The summed E-state index contributed by atoms with van der Waals surface area (Å²) in [5.74, 6) is 0.532. The van der Waals surface area contributed by atoms with E-state index >= 15 is 0 Å². The van der Waals surface area contributed by atoms with Crippen LogP contribution in [-0.4, -0.2) is 46.0 Å². The number of nitrogens with zero attached hydrogens (tertiary/aromatic N) is 3. The van der Waals surface area contributed by atoms with Crippen molar-refractivity contribution in [2.75, 3.05) is 18.4 Å². The summed E-state index contributed by atoms with van der Waals surface area (Å²) in [7, 11) is 0. The molecule has 5 rings (SSSR count). The minimum absolute atomic E-state index is 0.0791. The van der Waals surface area contributed by atoms with Gasteiger partial charge >= 0.3 is 6.01 Å². The van der Waals surface area contributed by atoms with Crippen molar-refractivity contribution in [3.63, 3.8) is 0 Å². The number of benzene rings is 1. The highest BCUT2D eigenvalue weighted by molar-refractivity contribution is 5.88. The molecular weight excluding hydrogens is 328 g/mol. The summed E-state index contributed by atoms with van der Waals surface area (Å²) in [4.78, 5) is 22.4. The molecule has 1 amide bonds. The van der Waals surface area contributed by atoms with Crippen molar-refractivity contribution in [2.45, 2.75) is 38.8 Å². The molecule has 0 spiro atoms. The smallest absolute Gasteiger partial charge is 0.316 e. The third kappa shape index (κ3) is 3.42. The maximum atomic E-state index is 11.1. The van der Waals surface area contributed by atoms with E-state index in [-0.39, 0.29) is 12.0 Å². The number of hydrogen-bond acceptors (Lipinski definition) is 5. The summed E-state index contributed by atoms with van der Waals surface area (Å²) in [5, 5.41) is 2.76. The minimum atomic E-state index is -0.0791. The van der Waals surface area contributed by atoms with E-state index in [1.807, 2.05) is 24.3 Å². The summed E-state index contributed by atoms with van der Waals surface area (Å²) in [5.41, 5.74) is 2.70. The molecule has 0 aliphatic carbocycles. The van der Waals surface area contributed by atoms with Crippen LogP contribution in [0.25, 0.3) is 11.1 Å². The molecule has 2 bridgehead atoms. The second kappa shape index (κ2) is 7.03. The van der Waals surface area contributed by atoms with E-state index in [1.54, 1.807) is 12.4 Å². The first-order chi connectivity index (χ1) is 12.6. The van der Waals surface area contributed by atoms with Gasteiger partial charge in [0.25, 0.3) is 0 Å². The Labute approximate surface area is 153 Å². The third-order valence-corrected chi connectivity index (χ3v) is 5.50. The Morgan fingerprint density at radius 2 is 1.77 bits per heavy atom. The van der Waals surface area contributed by atoms with Crippen molar-refractivity contribution in [3.05, 3.63) is 36.7 Å². The van der Waals surface area contributed by atoms with E-state index in [0.29, 0.717) is 18.0 Å². The van der Waals surface area contributed by atoms with Crippen LogP contribution in [0.4, 0.5) is 5.69 Å². The van der Waals surface area contributed by atoms with Crippen molar-refractivity contribution in [1.82, 2.24) is 14.9 Å². The summed E-state index contributed by atoms with van der Waals surface area (Å²) < 4.78 is 6.14. The highest BCUT2D eigenvalue weighted by Crippen LogP contribution is 2.34. The Balaban J connectivity index is 1.44. The Hall–Kier alpha value is -2.47. The van der Waals surface area contributed by atoms with E-state index in [9.17, 15) is 4.79 Å². The largest absolute Gasteiger partial charge is 0.458 e. The fraction of sp³-hybridized carbons (Fsp3) is 0.450. The molecule has 2 unspecified atom stereocenters. The van der Waals surface area contributed by atoms with Crippen molar-refractivity contribution in [1.29, 1.82) is 0 Å². The van der Waals surface area contributed by atoms with Crippen molar-refractivity contribution < 1.29 is 9.53 Å². The monoisotopic (exact) mass is 352 g/mol. The lowest BCUT2D eigenvalue weighted by atomic mass is 9.81. The quantitative estimate of drug-likeness (QED) is 0.916. The summed E-state index contributed by atoms with van der Waals surface area (Å²) in [6, 6.07) is 8.51. The topological polar surface area (TPSA) is 67.3 Å². The van der Waals surface area contributed by atoms with Crippen LogP contribution in [0.1, 0.15) is 26.7 Å². The number of ether oxygens (including phenoxy) is 1. The molecular formula is C20H24N4O2. The Bertz CT molecular complexity index is 765.